The summed E-state index contributed by atoms with van der Waals surface area (Å²) in [6.45, 7) is 8.08. The van der Waals surface area contributed by atoms with E-state index in [4.69, 9.17) is 4.74 Å². The number of rotatable bonds is 5. The van der Waals surface area contributed by atoms with Gasteiger partial charge in [0, 0.05) is 18.3 Å². The fraction of sp³-hybridized carbons (Fsp3) is 0.667. The van der Waals surface area contributed by atoms with E-state index in [-0.39, 0.29) is 13.0 Å². The number of ether oxygens (including phenoxy) is 1. The molecule has 0 saturated heterocycles. The Balaban J connectivity index is 4.47. The molecule has 0 rings (SSSR count). The third-order valence-electron chi connectivity index (χ3n) is 1.98. The molecule has 0 aromatic heterocycles. The minimum atomic E-state index is -1.64. The molecule has 0 amide bonds. The second-order valence-electron chi connectivity index (χ2n) is 3.42. The molecule has 5 nitrogen and oxygen atoms in total. The molecule has 0 spiro atoms. The molecule has 14 heavy (non-hydrogen) atoms. The van der Waals surface area contributed by atoms with E-state index in [0.717, 1.165) is 0 Å². The lowest BCUT2D eigenvalue weighted by Crippen LogP contribution is -2.44. The number of hydrogen-bond donors (Lipinski definition) is 0. The largest absolute Gasteiger partial charge is 0.456 e. The maximum absolute atomic E-state index is 11.3. The molecule has 0 aliphatic carbocycles. The van der Waals surface area contributed by atoms with E-state index < -0.39 is 16.4 Å². The number of carbonyl (C=O) groups is 1. The first-order valence-electron chi connectivity index (χ1n) is 4.30. The molecule has 80 valence electrons. The lowest BCUT2D eigenvalue weighted by Gasteiger charge is -2.17. The first-order chi connectivity index (χ1) is 6.34. The zero-order valence-corrected chi connectivity index (χ0v) is 8.70. The van der Waals surface area contributed by atoms with Gasteiger partial charge in [0.15, 0.2) is 0 Å². The Bertz CT molecular complexity index is 262. The molecule has 0 aromatic rings. The average molecular weight is 201 g/mol. The highest BCUT2D eigenvalue weighted by molar-refractivity contribution is 5.78. The van der Waals surface area contributed by atoms with Gasteiger partial charge in [-0.2, -0.15) is 0 Å². The van der Waals surface area contributed by atoms with Gasteiger partial charge >= 0.3 is 11.5 Å². The van der Waals surface area contributed by atoms with Gasteiger partial charge in [-0.15, -0.1) is 0 Å². The van der Waals surface area contributed by atoms with Crippen molar-refractivity contribution >= 4 is 5.97 Å². The lowest BCUT2D eigenvalue weighted by molar-refractivity contribution is -0.551. The van der Waals surface area contributed by atoms with Gasteiger partial charge in [0.1, 0.15) is 6.61 Å². The zero-order chi connectivity index (χ0) is 11.4. The van der Waals surface area contributed by atoms with Crippen molar-refractivity contribution in [2.45, 2.75) is 32.7 Å². The summed E-state index contributed by atoms with van der Waals surface area (Å²) >= 11 is 0. The molecule has 0 heterocycles. The van der Waals surface area contributed by atoms with Gasteiger partial charge in [0.05, 0.1) is 0 Å². The molecule has 0 bridgehead atoms. The molecule has 0 radical (unpaired) electrons. The summed E-state index contributed by atoms with van der Waals surface area (Å²) in [5.41, 5.74) is -0.990. The van der Waals surface area contributed by atoms with Crippen LogP contribution in [-0.2, 0) is 9.53 Å². The molecule has 0 aromatic carbocycles. The Labute approximate surface area is 82.9 Å². The molecule has 5 heteroatoms. The smallest absolute Gasteiger partial charge is 0.384 e. The van der Waals surface area contributed by atoms with Crippen LogP contribution in [0.25, 0.3) is 0 Å². The van der Waals surface area contributed by atoms with Crippen molar-refractivity contribution in [2.75, 3.05) is 6.61 Å². The number of nitro groups is 1. The summed E-state index contributed by atoms with van der Waals surface area (Å²) in [5, 5.41) is 10.6. The predicted octanol–water partition coefficient (Wildman–Crippen LogP) is 1.55. The van der Waals surface area contributed by atoms with E-state index in [2.05, 4.69) is 6.58 Å². The molecular weight excluding hydrogens is 186 g/mol. The highest BCUT2D eigenvalue weighted by atomic mass is 16.6. The van der Waals surface area contributed by atoms with E-state index in [1.807, 2.05) is 0 Å². The lowest BCUT2D eigenvalue weighted by atomic mass is 10.0. The van der Waals surface area contributed by atoms with Gasteiger partial charge in [-0.05, 0) is 12.5 Å². The summed E-state index contributed by atoms with van der Waals surface area (Å²) in [4.78, 5) is 21.3. The van der Waals surface area contributed by atoms with E-state index in [9.17, 15) is 14.9 Å². The summed E-state index contributed by atoms with van der Waals surface area (Å²) < 4.78 is 4.74. The average Bonchev–Trinajstić information content (AvgIpc) is 2.12. The highest BCUT2D eigenvalue weighted by Gasteiger charge is 2.45. The van der Waals surface area contributed by atoms with Gasteiger partial charge in [0.25, 0.3) is 0 Å². The summed E-state index contributed by atoms with van der Waals surface area (Å²) in [6, 6.07) is 0. The molecule has 0 aliphatic heterocycles. The minimum Gasteiger partial charge on any atom is -0.456 e. The van der Waals surface area contributed by atoms with Crippen LogP contribution in [0.3, 0.4) is 0 Å². The third-order valence-corrected chi connectivity index (χ3v) is 1.98. The molecule has 0 N–H and O–H groups in total. The van der Waals surface area contributed by atoms with Crippen molar-refractivity contribution in [1.29, 1.82) is 0 Å². The topological polar surface area (TPSA) is 69.4 Å². The van der Waals surface area contributed by atoms with Gasteiger partial charge in [-0.3, -0.25) is 10.1 Å². The van der Waals surface area contributed by atoms with Gasteiger partial charge in [-0.25, -0.2) is 4.79 Å². The zero-order valence-electron chi connectivity index (χ0n) is 8.70. The van der Waals surface area contributed by atoms with Crippen molar-refractivity contribution in [2.24, 2.45) is 0 Å². The van der Waals surface area contributed by atoms with Gasteiger partial charge in [0.2, 0.25) is 0 Å². The standard InChI is InChI=1S/C9H15NO4/c1-5-9(4,10(12)13)8(11)14-6-7(2)3/h2,5-6H2,1,3-4H3. The second kappa shape index (κ2) is 4.74. The van der Waals surface area contributed by atoms with Crippen LogP contribution in [0, 0.1) is 10.1 Å². The monoisotopic (exact) mass is 201 g/mol. The molecule has 0 saturated carbocycles. The van der Waals surface area contributed by atoms with Crippen LogP contribution in [0.1, 0.15) is 27.2 Å². The normalized spacial score (nSPS) is 14.2. The highest BCUT2D eigenvalue weighted by Crippen LogP contribution is 2.16. The van der Waals surface area contributed by atoms with Crippen molar-refractivity contribution in [3.05, 3.63) is 22.3 Å². The summed E-state index contributed by atoms with van der Waals surface area (Å²) in [5.74, 6) is -0.812. The van der Waals surface area contributed by atoms with Crippen molar-refractivity contribution < 1.29 is 14.5 Å². The van der Waals surface area contributed by atoms with Crippen LogP contribution < -0.4 is 0 Å². The number of carbonyl (C=O) groups excluding carboxylic acids is 1. The summed E-state index contributed by atoms with van der Waals surface area (Å²) in [7, 11) is 0. The number of esters is 1. The van der Waals surface area contributed by atoms with Crippen LogP contribution in [0.4, 0.5) is 0 Å². The Hall–Kier alpha value is -1.39. The van der Waals surface area contributed by atoms with Crippen LogP contribution in [0.15, 0.2) is 12.2 Å². The van der Waals surface area contributed by atoms with E-state index >= 15 is 0 Å². The minimum absolute atomic E-state index is 0.0300. The molecule has 0 fully saturated rings. The fourth-order valence-corrected chi connectivity index (χ4v) is 0.692. The third kappa shape index (κ3) is 2.83. The van der Waals surface area contributed by atoms with E-state index in [0.29, 0.717) is 5.57 Å². The van der Waals surface area contributed by atoms with Crippen LogP contribution in [0.5, 0.6) is 0 Å². The van der Waals surface area contributed by atoms with Crippen LogP contribution in [-0.4, -0.2) is 23.0 Å². The van der Waals surface area contributed by atoms with Crippen LogP contribution >= 0.6 is 0 Å². The fourth-order valence-electron chi connectivity index (χ4n) is 0.692. The molecule has 1 unspecified atom stereocenters. The van der Waals surface area contributed by atoms with Gasteiger partial charge < -0.3 is 4.74 Å². The van der Waals surface area contributed by atoms with Crippen molar-refractivity contribution in [3.63, 3.8) is 0 Å². The molecule has 0 aliphatic rings. The number of hydrogen-bond acceptors (Lipinski definition) is 4. The quantitative estimate of drug-likeness (QED) is 0.293. The second-order valence-corrected chi connectivity index (χ2v) is 3.42. The first kappa shape index (κ1) is 12.6. The maximum Gasteiger partial charge on any atom is 0.384 e. The Morgan fingerprint density at radius 3 is 2.43 bits per heavy atom. The first-order valence-corrected chi connectivity index (χ1v) is 4.30. The maximum atomic E-state index is 11.3. The summed E-state index contributed by atoms with van der Waals surface area (Å²) in [6.07, 6.45) is 0.106. The van der Waals surface area contributed by atoms with Gasteiger partial charge in [-0.1, -0.05) is 13.5 Å². The number of nitrogens with zero attached hydrogens (tertiary/aromatic N) is 1. The van der Waals surface area contributed by atoms with Crippen LogP contribution in [0.2, 0.25) is 0 Å². The predicted molar refractivity (Wildman–Crippen MR) is 51.5 cm³/mol. The van der Waals surface area contributed by atoms with Crippen molar-refractivity contribution in [3.8, 4) is 0 Å². The molecule has 1 atom stereocenters. The SMILES string of the molecule is C=C(C)COC(=O)C(C)(CC)[N+](=O)[O-]. The molecular formula is C9H15NO4. The van der Waals surface area contributed by atoms with Crippen molar-refractivity contribution in [1.82, 2.24) is 0 Å². The van der Waals surface area contributed by atoms with E-state index in [1.54, 1.807) is 13.8 Å². The Morgan fingerprint density at radius 2 is 2.14 bits per heavy atom. The Morgan fingerprint density at radius 1 is 1.64 bits per heavy atom. The Kier molecular flexibility index (Phi) is 4.27. The van der Waals surface area contributed by atoms with E-state index in [1.165, 1.54) is 6.92 Å².